The first-order chi connectivity index (χ1) is 18.1. The second kappa shape index (κ2) is 8.69. The van der Waals surface area contributed by atoms with Gasteiger partial charge in [-0.1, -0.05) is 84.6 Å². The first-order valence-electron chi connectivity index (χ1n) is 12.5. The number of rotatable bonds is 3. The fourth-order valence-electron chi connectivity index (χ4n) is 5.46. The van der Waals surface area contributed by atoms with Crippen LogP contribution in [0.2, 0.25) is 0 Å². The lowest BCUT2D eigenvalue weighted by atomic mass is 9.96. The number of hydrogen-bond acceptors (Lipinski definition) is 4. The summed E-state index contributed by atoms with van der Waals surface area (Å²) in [7, 11) is 2.17. The summed E-state index contributed by atoms with van der Waals surface area (Å²) >= 11 is 3.73. The highest BCUT2D eigenvalue weighted by Gasteiger charge is 2.33. The monoisotopic (exact) mass is 514 g/mol. The zero-order valence-electron chi connectivity index (χ0n) is 20.8. The molecular formula is C33H26N2S2. The number of allylic oxidation sites excluding steroid dienone is 2. The average Bonchev–Trinajstić information content (AvgIpc) is 3.23. The minimum Gasteiger partial charge on any atom is -0.343 e. The molecule has 1 unspecified atom stereocenters. The molecule has 1 aliphatic heterocycles. The molecule has 2 aliphatic rings. The molecule has 4 aromatic carbocycles. The van der Waals surface area contributed by atoms with Crippen LogP contribution in [0.25, 0.3) is 20.2 Å². The van der Waals surface area contributed by atoms with E-state index in [1.54, 1.807) is 0 Å². The Kier molecular flexibility index (Phi) is 5.27. The molecule has 0 radical (unpaired) electrons. The average molecular weight is 515 g/mol. The van der Waals surface area contributed by atoms with Crippen molar-refractivity contribution in [2.75, 3.05) is 16.8 Å². The van der Waals surface area contributed by atoms with Gasteiger partial charge >= 0.3 is 0 Å². The Hall–Kier alpha value is -3.73. The Balaban J connectivity index is 1.41. The highest BCUT2D eigenvalue weighted by Crippen LogP contribution is 2.48. The van der Waals surface area contributed by atoms with E-state index in [0.717, 1.165) is 0 Å². The molecule has 0 bridgehead atoms. The lowest BCUT2D eigenvalue weighted by molar-refractivity contribution is 0.703. The number of para-hydroxylation sites is 2. The molecule has 37 heavy (non-hydrogen) atoms. The van der Waals surface area contributed by atoms with Crippen molar-refractivity contribution in [3.05, 3.63) is 132 Å². The van der Waals surface area contributed by atoms with Crippen LogP contribution in [0.1, 0.15) is 6.92 Å². The van der Waals surface area contributed by atoms with Crippen LogP contribution in [-0.2, 0) is 0 Å². The van der Waals surface area contributed by atoms with Gasteiger partial charge in [0.2, 0.25) is 0 Å². The summed E-state index contributed by atoms with van der Waals surface area (Å²) in [4.78, 5) is 7.37. The molecule has 0 amide bonds. The van der Waals surface area contributed by atoms with Crippen molar-refractivity contribution in [2.45, 2.75) is 17.4 Å². The second-order valence-corrected chi connectivity index (χ2v) is 11.8. The van der Waals surface area contributed by atoms with Gasteiger partial charge in [0.05, 0.1) is 27.3 Å². The van der Waals surface area contributed by atoms with Crippen molar-refractivity contribution in [3.63, 3.8) is 0 Å². The molecule has 1 aliphatic carbocycles. The first-order valence-corrected chi connectivity index (χ1v) is 14.1. The summed E-state index contributed by atoms with van der Waals surface area (Å²) < 4.78 is 2.64. The molecule has 4 heteroatoms. The van der Waals surface area contributed by atoms with Crippen LogP contribution in [0, 0.1) is 0 Å². The van der Waals surface area contributed by atoms with Crippen molar-refractivity contribution < 1.29 is 0 Å². The SMILES string of the molecule is CN1C2=C(C=CC(C)(N(c3ccccc3)c3cccc4c3sc3ccccc34)C=C2)Sc2ccccc21. The summed E-state index contributed by atoms with van der Waals surface area (Å²) in [6.45, 7) is 2.31. The number of hydrogen-bond donors (Lipinski definition) is 0. The molecule has 0 saturated heterocycles. The van der Waals surface area contributed by atoms with Gasteiger partial charge in [0.25, 0.3) is 0 Å². The van der Waals surface area contributed by atoms with Crippen LogP contribution in [0.4, 0.5) is 17.1 Å². The van der Waals surface area contributed by atoms with E-state index in [1.165, 1.54) is 52.7 Å². The van der Waals surface area contributed by atoms with E-state index >= 15 is 0 Å². The summed E-state index contributed by atoms with van der Waals surface area (Å²) in [5.41, 5.74) is 4.51. The van der Waals surface area contributed by atoms with Crippen LogP contribution < -0.4 is 9.80 Å². The van der Waals surface area contributed by atoms with Crippen molar-refractivity contribution >= 4 is 60.3 Å². The van der Waals surface area contributed by atoms with Crippen molar-refractivity contribution in [1.82, 2.24) is 0 Å². The van der Waals surface area contributed by atoms with E-state index in [1.807, 2.05) is 23.1 Å². The number of likely N-dealkylation sites (N-methyl/N-ethyl adjacent to an activating group) is 1. The molecule has 1 atom stereocenters. The van der Waals surface area contributed by atoms with Crippen LogP contribution in [0.3, 0.4) is 0 Å². The molecule has 5 aromatic rings. The number of anilines is 3. The highest BCUT2D eigenvalue weighted by atomic mass is 32.2. The molecular weight excluding hydrogens is 489 g/mol. The molecule has 0 saturated carbocycles. The molecule has 180 valence electrons. The van der Waals surface area contributed by atoms with Gasteiger partial charge in [-0.15, -0.1) is 11.3 Å². The van der Waals surface area contributed by atoms with Crippen molar-refractivity contribution in [1.29, 1.82) is 0 Å². The zero-order valence-corrected chi connectivity index (χ0v) is 22.4. The Morgan fingerprint density at radius 3 is 2.35 bits per heavy atom. The van der Waals surface area contributed by atoms with Crippen molar-refractivity contribution in [2.24, 2.45) is 0 Å². The van der Waals surface area contributed by atoms with E-state index in [2.05, 4.69) is 145 Å². The predicted molar refractivity (Wildman–Crippen MR) is 162 cm³/mol. The summed E-state index contributed by atoms with van der Waals surface area (Å²) in [5, 5.41) is 2.63. The molecule has 2 heterocycles. The van der Waals surface area contributed by atoms with E-state index in [4.69, 9.17) is 0 Å². The minimum atomic E-state index is -0.378. The molecule has 0 fully saturated rings. The van der Waals surface area contributed by atoms with Gasteiger partial charge in [-0.25, -0.2) is 0 Å². The maximum absolute atomic E-state index is 2.49. The van der Waals surface area contributed by atoms with E-state index < -0.39 is 0 Å². The summed E-state index contributed by atoms with van der Waals surface area (Å²) in [6, 6.07) is 34.9. The topological polar surface area (TPSA) is 6.48 Å². The van der Waals surface area contributed by atoms with Gasteiger partial charge in [0.15, 0.2) is 0 Å². The van der Waals surface area contributed by atoms with Gasteiger partial charge in [-0.05, 0) is 55.5 Å². The number of fused-ring (bicyclic) bond motifs is 4. The Labute approximate surface area is 225 Å². The number of benzene rings is 4. The van der Waals surface area contributed by atoms with E-state index in [9.17, 15) is 0 Å². The van der Waals surface area contributed by atoms with Gasteiger partial charge in [0, 0.05) is 38.0 Å². The third kappa shape index (κ3) is 3.63. The number of thiophene rings is 1. The smallest absolute Gasteiger partial charge is 0.0796 e. The third-order valence-corrected chi connectivity index (χ3v) is 9.67. The molecule has 2 nitrogen and oxygen atoms in total. The normalized spacial score (nSPS) is 18.7. The van der Waals surface area contributed by atoms with Gasteiger partial charge in [0.1, 0.15) is 0 Å². The fraction of sp³-hybridized carbons (Fsp3) is 0.0909. The predicted octanol–water partition coefficient (Wildman–Crippen LogP) is 9.53. The first kappa shape index (κ1) is 22.5. The van der Waals surface area contributed by atoms with Crippen LogP contribution >= 0.6 is 23.1 Å². The van der Waals surface area contributed by atoms with Crippen LogP contribution in [0.15, 0.2) is 137 Å². The van der Waals surface area contributed by atoms with Gasteiger partial charge in [-0.2, -0.15) is 0 Å². The number of nitrogens with zero attached hydrogens (tertiary/aromatic N) is 2. The largest absolute Gasteiger partial charge is 0.343 e. The Morgan fingerprint density at radius 2 is 1.46 bits per heavy atom. The van der Waals surface area contributed by atoms with E-state index in [0.29, 0.717) is 0 Å². The standard InChI is InChI=1S/C33H26N2S2/c1-33(21-19-27-31(20-22-33)36-30-18-9-7-15-26(30)34(27)2)35(23-11-4-3-5-12-23)28-16-10-14-25-24-13-6-8-17-29(24)37-32(25)28/h3-22H,1-2H3. The third-order valence-electron chi connectivity index (χ3n) is 7.33. The molecule has 0 spiro atoms. The Bertz CT molecular complexity index is 1740. The summed E-state index contributed by atoms with van der Waals surface area (Å²) in [6.07, 6.45) is 9.34. The van der Waals surface area contributed by atoms with Gasteiger partial charge < -0.3 is 9.80 Å². The van der Waals surface area contributed by atoms with E-state index in [-0.39, 0.29) is 5.54 Å². The van der Waals surface area contributed by atoms with Crippen molar-refractivity contribution in [3.8, 4) is 0 Å². The maximum atomic E-state index is 2.49. The van der Waals surface area contributed by atoms with Gasteiger partial charge in [-0.3, -0.25) is 0 Å². The van der Waals surface area contributed by atoms with Crippen LogP contribution in [0.5, 0.6) is 0 Å². The lowest BCUT2D eigenvalue weighted by Gasteiger charge is -2.39. The maximum Gasteiger partial charge on any atom is 0.0796 e. The summed E-state index contributed by atoms with van der Waals surface area (Å²) in [5.74, 6) is 0. The number of thioether (sulfide) groups is 1. The Morgan fingerprint density at radius 1 is 0.730 bits per heavy atom. The van der Waals surface area contributed by atoms with Crippen LogP contribution in [-0.4, -0.2) is 12.6 Å². The second-order valence-electron chi connectivity index (χ2n) is 9.69. The fourth-order valence-corrected chi connectivity index (χ4v) is 7.80. The molecule has 0 N–H and O–H groups in total. The lowest BCUT2D eigenvalue weighted by Crippen LogP contribution is -2.40. The highest BCUT2D eigenvalue weighted by molar-refractivity contribution is 8.03. The quantitative estimate of drug-likeness (QED) is 0.237. The zero-order chi connectivity index (χ0) is 25.0. The molecule has 1 aromatic heterocycles. The molecule has 7 rings (SSSR count). The minimum absolute atomic E-state index is 0.378.